The number of esters is 1. The van der Waals surface area contributed by atoms with Gasteiger partial charge in [-0.05, 0) is 67.9 Å². The highest BCUT2D eigenvalue weighted by molar-refractivity contribution is 7.92. The Hall–Kier alpha value is -3.65. The van der Waals surface area contributed by atoms with E-state index in [4.69, 9.17) is 0 Å². The fourth-order valence-electron chi connectivity index (χ4n) is 3.07. The Labute approximate surface area is 187 Å². The molecule has 0 fully saturated rings. The molecule has 0 aliphatic carbocycles. The van der Waals surface area contributed by atoms with Crippen LogP contribution >= 0.6 is 0 Å². The van der Waals surface area contributed by atoms with Crippen LogP contribution in [0.5, 0.6) is 0 Å². The number of hydrogen-bond acceptors (Lipinski definition) is 5. The van der Waals surface area contributed by atoms with Crippen molar-refractivity contribution in [2.24, 2.45) is 0 Å². The summed E-state index contributed by atoms with van der Waals surface area (Å²) in [5, 5.41) is 2.68. The number of carbonyl (C=O) groups excluding carboxylic acids is 2. The number of ether oxygens (including phenoxy) is 1. The standard InChI is InChI=1S/C24H24N2O5S/c1-17-7-13-22(14-8-17)32(29,30)26(21-6-4-5-18(2)15-21)16-23(27)25-20-11-9-19(10-12-20)24(28)31-3/h4-15H,16H2,1-3H3,(H,25,27). The molecule has 0 saturated carbocycles. The molecule has 3 aromatic rings. The molecule has 0 radical (unpaired) electrons. The van der Waals surface area contributed by atoms with Crippen LogP contribution in [0.4, 0.5) is 11.4 Å². The van der Waals surface area contributed by atoms with Crippen molar-refractivity contribution >= 4 is 33.3 Å². The first-order chi connectivity index (χ1) is 15.2. The number of hydrogen-bond donors (Lipinski definition) is 1. The van der Waals surface area contributed by atoms with Crippen molar-refractivity contribution in [3.8, 4) is 0 Å². The Morgan fingerprint density at radius 2 is 1.56 bits per heavy atom. The summed E-state index contributed by atoms with van der Waals surface area (Å²) >= 11 is 0. The van der Waals surface area contributed by atoms with Crippen molar-refractivity contribution in [3.63, 3.8) is 0 Å². The molecular formula is C24H24N2O5S. The lowest BCUT2D eigenvalue weighted by atomic mass is 10.2. The molecule has 3 rings (SSSR count). The van der Waals surface area contributed by atoms with Gasteiger partial charge < -0.3 is 10.1 Å². The molecule has 3 aromatic carbocycles. The van der Waals surface area contributed by atoms with Crippen LogP contribution < -0.4 is 9.62 Å². The minimum absolute atomic E-state index is 0.0971. The van der Waals surface area contributed by atoms with E-state index >= 15 is 0 Å². The van der Waals surface area contributed by atoms with E-state index in [1.54, 1.807) is 42.5 Å². The van der Waals surface area contributed by atoms with E-state index < -0.39 is 28.4 Å². The Bertz CT molecular complexity index is 1220. The second kappa shape index (κ2) is 9.65. The van der Waals surface area contributed by atoms with Crippen LogP contribution in [0.2, 0.25) is 0 Å². The zero-order chi connectivity index (χ0) is 23.3. The molecule has 8 heteroatoms. The van der Waals surface area contributed by atoms with Crippen molar-refractivity contribution in [1.29, 1.82) is 0 Å². The zero-order valence-corrected chi connectivity index (χ0v) is 18.8. The number of carbonyl (C=O) groups is 2. The number of methoxy groups -OCH3 is 1. The largest absolute Gasteiger partial charge is 0.465 e. The highest BCUT2D eigenvalue weighted by atomic mass is 32.2. The van der Waals surface area contributed by atoms with Crippen molar-refractivity contribution < 1.29 is 22.7 Å². The quantitative estimate of drug-likeness (QED) is 0.549. The molecule has 0 bridgehead atoms. The fourth-order valence-corrected chi connectivity index (χ4v) is 4.49. The first-order valence-corrected chi connectivity index (χ1v) is 11.3. The van der Waals surface area contributed by atoms with Gasteiger partial charge in [0.25, 0.3) is 10.0 Å². The number of rotatable bonds is 7. The van der Waals surface area contributed by atoms with E-state index in [0.29, 0.717) is 16.9 Å². The highest BCUT2D eigenvalue weighted by Crippen LogP contribution is 2.25. The second-order valence-electron chi connectivity index (χ2n) is 7.28. The third kappa shape index (κ3) is 5.33. The van der Waals surface area contributed by atoms with E-state index in [9.17, 15) is 18.0 Å². The van der Waals surface area contributed by atoms with Gasteiger partial charge in [-0.1, -0.05) is 29.8 Å². The van der Waals surface area contributed by atoms with Crippen LogP contribution in [0.15, 0.2) is 77.7 Å². The van der Waals surface area contributed by atoms with Crippen molar-refractivity contribution in [2.45, 2.75) is 18.7 Å². The third-order valence-electron chi connectivity index (χ3n) is 4.78. The summed E-state index contributed by atoms with van der Waals surface area (Å²) in [6, 6.07) is 19.6. The Morgan fingerprint density at radius 3 is 2.16 bits per heavy atom. The Kier molecular flexibility index (Phi) is 6.95. The van der Waals surface area contributed by atoms with Gasteiger partial charge in [-0.3, -0.25) is 9.10 Å². The number of amides is 1. The number of benzene rings is 3. The average Bonchev–Trinajstić information content (AvgIpc) is 2.77. The zero-order valence-electron chi connectivity index (χ0n) is 18.0. The van der Waals surface area contributed by atoms with Gasteiger partial charge in [0.1, 0.15) is 6.54 Å². The molecule has 0 unspecified atom stereocenters. The predicted molar refractivity (Wildman–Crippen MR) is 123 cm³/mol. The first-order valence-electron chi connectivity index (χ1n) is 9.85. The molecule has 166 valence electrons. The molecule has 0 aliphatic heterocycles. The number of sulfonamides is 1. The lowest BCUT2D eigenvalue weighted by Crippen LogP contribution is -2.38. The van der Waals surface area contributed by atoms with Gasteiger partial charge >= 0.3 is 5.97 Å². The summed E-state index contributed by atoms with van der Waals surface area (Å²) in [6.07, 6.45) is 0. The molecule has 0 spiro atoms. The monoisotopic (exact) mass is 452 g/mol. The molecule has 0 aliphatic rings. The summed E-state index contributed by atoms with van der Waals surface area (Å²) in [5.41, 5.74) is 2.96. The van der Waals surface area contributed by atoms with Gasteiger partial charge in [0.15, 0.2) is 0 Å². The molecule has 7 nitrogen and oxygen atoms in total. The maximum Gasteiger partial charge on any atom is 0.337 e. The van der Waals surface area contributed by atoms with Crippen LogP contribution in [0.1, 0.15) is 21.5 Å². The maximum atomic E-state index is 13.4. The van der Waals surface area contributed by atoms with Crippen molar-refractivity contribution in [3.05, 3.63) is 89.5 Å². The first kappa shape index (κ1) is 23.0. The summed E-state index contributed by atoms with van der Waals surface area (Å²) in [4.78, 5) is 24.4. The predicted octanol–water partition coefficient (Wildman–Crippen LogP) is 3.92. The summed E-state index contributed by atoms with van der Waals surface area (Å²) in [6.45, 7) is 3.30. The van der Waals surface area contributed by atoms with Gasteiger partial charge in [-0.2, -0.15) is 0 Å². The molecule has 0 atom stereocenters. The maximum absolute atomic E-state index is 13.4. The van der Waals surface area contributed by atoms with Crippen LogP contribution in [0.25, 0.3) is 0 Å². The number of nitrogens with zero attached hydrogens (tertiary/aromatic N) is 1. The van der Waals surface area contributed by atoms with Crippen molar-refractivity contribution in [2.75, 3.05) is 23.3 Å². The van der Waals surface area contributed by atoms with E-state index in [0.717, 1.165) is 15.4 Å². The highest BCUT2D eigenvalue weighted by Gasteiger charge is 2.27. The van der Waals surface area contributed by atoms with Crippen LogP contribution in [0.3, 0.4) is 0 Å². The summed E-state index contributed by atoms with van der Waals surface area (Å²) < 4.78 is 32.5. The van der Waals surface area contributed by atoms with E-state index in [-0.39, 0.29) is 4.90 Å². The topological polar surface area (TPSA) is 92.8 Å². The van der Waals surface area contributed by atoms with E-state index in [1.165, 1.54) is 31.4 Å². The van der Waals surface area contributed by atoms with Crippen LogP contribution in [-0.2, 0) is 19.6 Å². The van der Waals surface area contributed by atoms with Gasteiger partial charge in [-0.25, -0.2) is 13.2 Å². The molecule has 32 heavy (non-hydrogen) atoms. The lowest BCUT2D eigenvalue weighted by Gasteiger charge is -2.24. The SMILES string of the molecule is COC(=O)c1ccc(NC(=O)CN(c2cccc(C)c2)S(=O)(=O)c2ccc(C)cc2)cc1. The Morgan fingerprint density at radius 1 is 0.906 bits per heavy atom. The minimum Gasteiger partial charge on any atom is -0.465 e. The van der Waals surface area contributed by atoms with Gasteiger partial charge in [0, 0.05) is 5.69 Å². The summed E-state index contributed by atoms with van der Waals surface area (Å²) in [5.74, 6) is -1.01. The summed E-state index contributed by atoms with van der Waals surface area (Å²) in [7, 11) is -2.70. The number of anilines is 2. The lowest BCUT2D eigenvalue weighted by molar-refractivity contribution is -0.114. The Balaban J connectivity index is 1.88. The molecule has 0 saturated heterocycles. The van der Waals surface area contributed by atoms with Gasteiger partial charge in [0.2, 0.25) is 5.91 Å². The van der Waals surface area contributed by atoms with Gasteiger partial charge in [0.05, 0.1) is 23.3 Å². The number of nitrogens with one attached hydrogen (secondary N) is 1. The average molecular weight is 453 g/mol. The molecule has 0 heterocycles. The van der Waals surface area contributed by atoms with Crippen molar-refractivity contribution in [1.82, 2.24) is 0 Å². The number of aryl methyl sites for hydroxylation is 2. The second-order valence-corrected chi connectivity index (χ2v) is 9.14. The minimum atomic E-state index is -3.99. The van der Waals surface area contributed by atoms with E-state index in [1.807, 2.05) is 19.9 Å². The van der Waals surface area contributed by atoms with Crippen LogP contribution in [0, 0.1) is 13.8 Å². The smallest absolute Gasteiger partial charge is 0.337 e. The molecular weight excluding hydrogens is 428 g/mol. The van der Waals surface area contributed by atoms with Gasteiger partial charge in [-0.15, -0.1) is 0 Å². The third-order valence-corrected chi connectivity index (χ3v) is 6.56. The van der Waals surface area contributed by atoms with Crippen LogP contribution in [-0.4, -0.2) is 33.9 Å². The molecule has 1 amide bonds. The van der Waals surface area contributed by atoms with E-state index in [2.05, 4.69) is 10.1 Å². The molecule has 0 aromatic heterocycles. The molecule has 1 N–H and O–H groups in total. The normalized spacial score (nSPS) is 11.0. The fraction of sp³-hybridized carbons (Fsp3) is 0.167.